The lowest BCUT2D eigenvalue weighted by Crippen LogP contribution is -2.30. The molecule has 1 aromatic carbocycles. The van der Waals surface area contributed by atoms with Crippen LogP contribution in [0, 0.1) is 5.92 Å². The molecule has 0 atom stereocenters. The Hall–Kier alpha value is -2.04. The minimum atomic E-state index is -0.477. The van der Waals surface area contributed by atoms with E-state index in [-0.39, 0.29) is 23.0 Å². The van der Waals surface area contributed by atoms with Crippen LogP contribution in [0.5, 0.6) is 11.5 Å². The Balaban J connectivity index is 2.26. The predicted octanol–water partition coefficient (Wildman–Crippen LogP) is 4.04. The number of benzene rings is 1. The van der Waals surface area contributed by atoms with Crippen molar-refractivity contribution in [2.24, 2.45) is 5.92 Å². The predicted molar refractivity (Wildman–Crippen MR) is 94.3 cm³/mol. The summed E-state index contributed by atoms with van der Waals surface area (Å²) in [5.74, 6) is 0.166. The summed E-state index contributed by atoms with van der Waals surface area (Å²) >= 11 is 0. The molecule has 0 saturated heterocycles. The highest BCUT2D eigenvalue weighted by Crippen LogP contribution is 2.26. The summed E-state index contributed by atoms with van der Waals surface area (Å²) in [6.07, 6.45) is 6.98. The Kier molecular flexibility index (Phi) is 8.90. The van der Waals surface area contributed by atoms with Crippen LogP contribution in [0.25, 0.3) is 0 Å². The third kappa shape index (κ3) is 7.49. The molecule has 0 heterocycles. The molecular formula is C19H29NO4. The molecule has 0 bridgehead atoms. The van der Waals surface area contributed by atoms with Gasteiger partial charge in [0.2, 0.25) is 5.91 Å². The average molecular weight is 335 g/mol. The van der Waals surface area contributed by atoms with Crippen molar-refractivity contribution in [1.82, 2.24) is 5.32 Å². The number of unbranched alkanes of at least 4 members (excludes halogenated alkanes) is 4. The molecular weight excluding hydrogens is 306 g/mol. The van der Waals surface area contributed by atoms with Gasteiger partial charge in [-0.25, -0.2) is 0 Å². The Morgan fingerprint density at radius 2 is 1.79 bits per heavy atom. The lowest BCUT2D eigenvalue weighted by atomic mass is 10.0. The second-order valence-electron chi connectivity index (χ2n) is 6.46. The molecule has 0 aromatic heterocycles. The van der Waals surface area contributed by atoms with E-state index in [4.69, 9.17) is 4.74 Å². The van der Waals surface area contributed by atoms with Crippen molar-refractivity contribution in [3.63, 3.8) is 0 Å². The fraction of sp³-hybridized carbons (Fsp3) is 0.579. The maximum Gasteiger partial charge on any atom is 0.257 e. The first-order valence-electron chi connectivity index (χ1n) is 8.65. The molecule has 1 aromatic rings. The van der Waals surface area contributed by atoms with Crippen molar-refractivity contribution in [2.45, 2.75) is 58.8 Å². The summed E-state index contributed by atoms with van der Waals surface area (Å²) in [6, 6.07) is 4.23. The van der Waals surface area contributed by atoms with Crippen molar-refractivity contribution in [3.05, 3.63) is 23.8 Å². The highest BCUT2D eigenvalue weighted by atomic mass is 16.5. The molecule has 0 saturated carbocycles. The van der Waals surface area contributed by atoms with E-state index in [1.807, 2.05) is 0 Å². The number of ether oxygens (including phenoxy) is 1. The Morgan fingerprint density at radius 3 is 2.46 bits per heavy atom. The Labute approximate surface area is 144 Å². The van der Waals surface area contributed by atoms with E-state index in [9.17, 15) is 14.7 Å². The van der Waals surface area contributed by atoms with E-state index in [0.717, 1.165) is 25.2 Å². The zero-order valence-electron chi connectivity index (χ0n) is 14.9. The van der Waals surface area contributed by atoms with Crippen LogP contribution in [0.3, 0.4) is 0 Å². The standard InChI is InChI=1S/C19H29NO4/c1-14(2)9-7-5-4-6-8-10-18(22)20-19(23)15-11-12-16(21)17(13-15)24-3/h11-14,21H,4-10H2,1-3H3,(H,20,22,23). The van der Waals surface area contributed by atoms with Gasteiger partial charge in [0.05, 0.1) is 7.11 Å². The fourth-order valence-corrected chi connectivity index (χ4v) is 2.45. The van der Waals surface area contributed by atoms with Gasteiger partial charge in [0, 0.05) is 12.0 Å². The van der Waals surface area contributed by atoms with Crippen LogP contribution in [0.15, 0.2) is 18.2 Å². The normalized spacial score (nSPS) is 10.7. The molecule has 0 aliphatic rings. The molecule has 5 heteroatoms. The quantitative estimate of drug-likeness (QED) is 0.633. The number of carbonyl (C=O) groups is 2. The summed E-state index contributed by atoms with van der Waals surface area (Å²) in [4.78, 5) is 23.8. The molecule has 2 N–H and O–H groups in total. The number of aromatic hydroxyl groups is 1. The number of amides is 2. The molecule has 134 valence electrons. The van der Waals surface area contributed by atoms with Gasteiger partial charge in [0.15, 0.2) is 11.5 Å². The average Bonchev–Trinajstić information content (AvgIpc) is 2.54. The first-order chi connectivity index (χ1) is 11.4. The zero-order chi connectivity index (χ0) is 17.9. The van der Waals surface area contributed by atoms with Crippen molar-refractivity contribution in [1.29, 1.82) is 0 Å². The van der Waals surface area contributed by atoms with Gasteiger partial charge in [-0.2, -0.15) is 0 Å². The summed E-state index contributed by atoms with van der Waals surface area (Å²) < 4.78 is 4.95. The van der Waals surface area contributed by atoms with Crippen molar-refractivity contribution in [3.8, 4) is 11.5 Å². The largest absolute Gasteiger partial charge is 0.504 e. The molecule has 24 heavy (non-hydrogen) atoms. The number of carbonyl (C=O) groups excluding carboxylic acids is 2. The Bertz CT molecular complexity index is 540. The van der Waals surface area contributed by atoms with Crippen molar-refractivity contribution < 1.29 is 19.4 Å². The summed E-state index contributed by atoms with van der Waals surface area (Å²) in [5.41, 5.74) is 0.284. The second kappa shape index (κ2) is 10.7. The lowest BCUT2D eigenvalue weighted by molar-refractivity contribution is -0.120. The first kappa shape index (κ1) is 20.0. The third-order valence-corrected chi connectivity index (χ3v) is 3.88. The van der Waals surface area contributed by atoms with Crippen LogP contribution in [0.1, 0.15) is 69.2 Å². The molecule has 0 fully saturated rings. The molecule has 2 amide bonds. The van der Waals surface area contributed by atoms with Crippen LogP contribution < -0.4 is 10.1 Å². The van der Waals surface area contributed by atoms with Gasteiger partial charge in [-0.05, 0) is 30.5 Å². The monoisotopic (exact) mass is 335 g/mol. The fourth-order valence-electron chi connectivity index (χ4n) is 2.45. The van der Waals surface area contributed by atoms with Gasteiger partial charge in [0.1, 0.15) is 0 Å². The summed E-state index contributed by atoms with van der Waals surface area (Å²) in [5, 5.41) is 11.9. The molecule has 0 radical (unpaired) electrons. The Morgan fingerprint density at radius 1 is 1.12 bits per heavy atom. The molecule has 0 spiro atoms. The number of methoxy groups -OCH3 is 1. The molecule has 0 unspecified atom stereocenters. The van der Waals surface area contributed by atoms with Gasteiger partial charge in [-0.1, -0.05) is 46.0 Å². The van der Waals surface area contributed by atoms with Gasteiger partial charge in [-0.3, -0.25) is 14.9 Å². The van der Waals surface area contributed by atoms with Crippen LogP contribution in [0.4, 0.5) is 0 Å². The summed E-state index contributed by atoms with van der Waals surface area (Å²) in [7, 11) is 1.41. The number of hydrogen-bond acceptors (Lipinski definition) is 4. The minimum absolute atomic E-state index is 0.0437. The lowest BCUT2D eigenvalue weighted by Gasteiger charge is -2.07. The van der Waals surface area contributed by atoms with E-state index in [0.29, 0.717) is 6.42 Å². The number of phenols is 1. The van der Waals surface area contributed by atoms with E-state index in [1.54, 1.807) is 0 Å². The molecule has 0 aliphatic heterocycles. The van der Waals surface area contributed by atoms with Crippen LogP contribution in [0.2, 0.25) is 0 Å². The van der Waals surface area contributed by atoms with Crippen LogP contribution in [-0.2, 0) is 4.79 Å². The molecule has 0 aliphatic carbocycles. The van der Waals surface area contributed by atoms with Crippen LogP contribution in [-0.4, -0.2) is 24.0 Å². The highest BCUT2D eigenvalue weighted by Gasteiger charge is 2.12. The van der Waals surface area contributed by atoms with Crippen molar-refractivity contribution in [2.75, 3.05) is 7.11 Å². The van der Waals surface area contributed by atoms with E-state index in [1.165, 1.54) is 44.6 Å². The van der Waals surface area contributed by atoms with Crippen LogP contribution >= 0.6 is 0 Å². The van der Waals surface area contributed by atoms with Gasteiger partial charge < -0.3 is 9.84 Å². The maximum atomic E-state index is 12.0. The zero-order valence-corrected chi connectivity index (χ0v) is 14.9. The van der Waals surface area contributed by atoms with E-state index < -0.39 is 5.91 Å². The van der Waals surface area contributed by atoms with Gasteiger partial charge >= 0.3 is 0 Å². The smallest absolute Gasteiger partial charge is 0.257 e. The van der Waals surface area contributed by atoms with Crippen molar-refractivity contribution >= 4 is 11.8 Å². The number of hydrogen-bond donors (Lipinski definition) is 2. The first-order valence-corrected chi connectivity index (χ1v) is 8.65. The minimum Gasteiger partial charge on any atom is -0.504 e. The maximum absolute atomic E-state index is 12.0. The number of imide groups is 1. The molecule has 5 nitrogen and oxygen atoms in total. The third-order valence-electron chi connectivity index (χ3n) is 3.88. The number of phenolic OH excluding ortho intramolecular Hbond substituents is 1. The van der Waals surface area contributed by atoms with E-state index >= 15 is 0 Å². The highest BCUT2D eigenvalue weighted by molar-refractivity contribution is 6.04. The number of rotatable bonds is 10. The van der Waals surface area contributed by atoms with E-state index in [2.05, 4.69) is 19.2 Å². The SMILES string of the molecule is COc1cc(C(=O)NC(=O)CCCCCCCC(C)C)ccc1O. The number of nitrogens with one attached hydrogen (secondary N) is 1. The van der Waals surface area contributed by atoms with Gasteiger partial charge in [-0.15, -0.1) is 0 Å². The topological polar surface area (TPSA) is 75.6 Å². The molecule has 1 rings (SSSR count). The summed E-state index contributed by atoms with van der Waals surface area (Å²) in [6.45, 7) is 4.45. The second-order valence-corrected chi connectivity index (χ2v) is 6.46. The van der Waals surface area contributed by atoms with Gasteiger partial charge in [0.25, 0.3) is 5.91 Å².